The summed E-state index contributed by atoms with van der Waals surface area (Å²) >= 11 is 0. The first kappa shape index (κ1) is 23.7. The molecule has 0 bridgehead atoms. The van der Waals surface area contributed by atoms with Gasteiger partial charge in [-0.05, 0) is 41.8 Å². The van der Waals surface area contributed by atoms with Gasteiger partial charge in [0.2, 0.25) is 15.9 Å². The Labute approximate surface area is 187 Å². The number of benzene rings is 2. The SMILES string of the molecule is COC(=O)[C@@H]1CN(CC(=O)NCCc2ccc(S(N)(=O)=O)cc2)C[C@H]1c1ccc(O)cc1. The second kappa shape index (κ2) is 10.1. The maximum Gasteiger partial charge on any atom is 0.310 e. The molecular weight excluding hydrogens is 434 g/mol. The topological polar surface area (TPSA) is 139 Å². The van der Waals surface area contributed by atoms with Crippen LogP contribution in [-0.2, 0) is 30.8 Å². The van der Waals surface area contributed by atoms with Gasteiger partial charge >= 0.3 is 5.97 Å². The number of carbonyl (C=O) groups is 2. The van der Waals surface area contributed by atoms with Crippen LogP contribution in [-0.4, -0.2) is 63.6 Å². The van der Waals surface area contributed by atoms with Crippen molar-refractivity contribution in [3.8, 4) is 5.75 Å². The Bertz CT molecular complexity index is 1050. The fraction of sp³-hybridized carbons (Fsp3) is 0.364. The Hall–Kier alpha value is -2.95. The summed E-state index contributed by atoms with van der Waals surface area (Å²) in [6.07, 6.45) is 0.539. The van der Waals surface area contributed by atoms with Crippen LogP contribution in [0.5, 0.6) is 5.75 Å². The molecule has 1 heterocycles. The standard InChI is InChI=1S/C22H27N3O6S/c1-31-22(28)20-13-25(12-19(20)16-4-6-17(26)7-5-16)14-21(27)24-11-10-15-2-8-18(9-3-15)32(23,29)30/h2-9,19-20,26H,10-14H2,1H3,(H,24,27)(H2,23,29,30)/t19-,20+/m0/s1. The van der Waals surface area contributed by atoms with E-state index in [1.54, 1.807) is 36.4 Å². The molecule has 1 aliphatic rings. The van der Waals surface area contributed by atoms with Crippen LogP contribution in [0.3, 0.4) is 0 Å². The maximum atomic E-state index is 12.4. The highest BCUT2D eigenvalue weighted by atomic mass is 32.2. The third kappa shape index (κ3) is 6.06. The van der Waals surface area contributed by atoms with Gasteiger partial charge in [0.25, 0.3) is 0 Å². The van der Waals surface area contributed by atoms with Crippen LogP contribution in [0.15, 0.2) is 53.4 Å². The van der Waals surface area contributed by atoms with E-state index < -0.39 is 15.9 Å². The Morgan fingerprint density at radius 1 is 1.12 bits per heavy atom. The zero-order chi connectivity index (χ0) is 23.3. The number of amides is 1. The highest BCUT2D eigenvalue weighted by Crippen LogP contribution is 2.34. The first-order chi connectivity index (χ1) is 15.2. The smallest absolute Gasteiger partial charge is 0.310 e. The second-order valence-electron chi connectivity index (χ2n) is 7.81. The van der Waals surface area contributed by atoms with E-state index >= 15 is 0 Å². The number of aromatic hydroxyl groups is 1. The molecule has 32 heavy (non-hydrogen) atoms. The van der Waals surface area contributed by atoms with E-state index in [1.165, 1.54) is 19.2 Å². The van der Waals surface area contributed by atoms with E-state index in [4.69, 9.17) is 9.88 Å². The van der Waals surface area contributed by atoms with Crippen molar-refractivity contribution in [1.82, 2.24) is 10.2 Å². The molecule has 0 saturated carbocycles. The number of methoxy groups -OCH3 is 1. The number of nitrogens with two attached hydrogens (primary N) is 1. The number of hydrogen-bond acceptors (Lipinski definition) is 7. The lowest BCUT2D eigenvalue weighted by atomic mass is 9.89. The lowest BCUT2D eigenvalue weighted by Gasteiger charge is -2.16. The first-order valence-corrected chi connectivity index (χ1v) is 11.7. The number of sulfonamides is 1. The summed E-state index contributed by atoms with van der Waals surface area (Å²) in [6.45, 7) is 1.46. The monoisotopic (exact) mass is 461 g/mol. The third-order valence-corrected chi connectivity index (χ3v) is 6.50. The molecule has 1 amide bonds. The number of nitrogens with zero attached hydrogens (tertiary/aromatic N) is 1. The van der Waals surface area contributed by atoms with E-state index in [9.17, 15) is 23.1 Å². The quantitative estimate of drug-likeness (QED) is 0.489. The molecule has 172 valence electrons. The van der Waals surface area contributed by atoms with Crippen molar-refractivity contribution < 1.29 is 27.9 Å². The average molecular weight is 462 g/mol. The van der Waals surface area contributed by atoms with Gasteiger partial charge in [-0.3, -0.25) is 14.5 Å². The highest BCUT2D eigenvalue weighted by molar-refractivity contribution is 7.89. The summed E-state index contributed by atoms with van der Waals surface area (Å²) in [5.41, 5.74) is 1.78. The summed E-state index contributed by atoms with van der Waals surface area (Å²) in [5, 5.41) is 17.5. The van der Waals surface area contributed by atoms with Gasteiger partial charge in [0, 0.05) is 25.6 Å². The Morgan fingerprint density at radius 3 is 2.38 bits per heavy atom. The van der Waals surface area contributed by atoms with E-state index in [1.807, 2.05) is 4.90 Å². The van der Waals surface area contributed by atoms with Crippen LogP contribution >= 0.6 is 0 Å². The molecule has 3 rings (SSSR count). The normalized spacial score (nSPS) is 18.9. The Balaban J connectivity index is 1.53. The lowest BCUT2D eigenvalue weighted by Crippen LogP contribution is -2.37. The van der Waals surface area contributed by atoms with Gasteiger partial charge < -0.3 is 15.2 Å². The summed E-state index contributed by atoms with van der Waals surface area (Å²) in [6, 6.07) is 12.9. The molecule has 9 nitrogen and oxygen atoms in total. The molecule has 0 radical (unpaired) electrons. The van der Waals surface area contributed by atoms with Gasteiger partial charge in [-0.1, -0.05) is 24.3 Å². The Kier molecular flexibility index (Phi) is 7.49. The van der Waals surface area contributed by atoms with Gasteiger partial charge in [0.05, 0.1) is 24.5 Å². The van der Waals surface area contributed by atoms with Gasteiger partial charge in [-0.25, -0.2) is 13.6 Å². The molecule has 1 fully saturated rings. The van der Waals surface area contributed by atoms with Crippen molar-refractivity contribution in [3.63, 3.8) is 0 Å². The number of ether oxygens (including phenoxy) is 1. The van der Waals surface area contributed by atoms with E-state index in [0.29, 0.717) is 26.1 Å². The fourth-order valence-corrected chi connectivity index (χ4v) is 4.43. The van der Waals surface area contributed by atoms with E-state index in [2.05, 4.69) is 5.32 Å². The van der Waals surface area contributed by atoms with Crippen molar-refractivity contribution in [2.45, 2.75) is 17.2 Å². The predicted molar refractivity (Wildman–Crippen MR) is 117 cm³/mol. The average Bonchev–Trinajstić information content (AvgIpc) is 3.17. The van der Waals surface area contributed by atoms with Crippen LogP contribution in [0.25, 0.3) is 0 Å². The van der Waals surface area contributed by atoms with E-state index in [0.717, 1.165) is 11.1 Å². The minimum absolute atomic E-state index is 0.0441. The number of primary sulfonamides is 1. The van der Waals surface area contributed by atoms with Crippen LogP contribution in [0, 0.1) is 5.92 Å². The van der Waals surface area contributed by atoms with Crippen LogP contribution in [0.2, 0.25) is 0 Å². The van der Waals surface area contributed by atoms with Crippen molar-refractivity contribution >= 4 is 21.9 Å². The van der Waals surface area contributed by atoms with Gasteiger partial charge in [0.1, 0.15) is 5.75 Å². The minimum Gasteiger partial charge on any atom is -0.508 e. The zero-order valence-electron chi connectivity index (χ0n) is 17.7. The molecule has 0 aromatic heterocycles. The number of esters is 1. The summed E-state index contributed by atoms with van der Waals surface area (Å²) < 4.78 is 27.5. The largest absolute Gasteiger partial charge is 0.508 e. The maximum absolute atomic E-state index is 12.4. The zero-order valence-corrected chi connectivity index (χ0v) is 18.5. The van der Waals surface area contributed by atoms with Crippen LogP contribution in [0.1, 0.15) is 17.0 Å². The lowest BCUT2D eigenvalue weighted by molar-refractivity contribution is -0.145. The van der Waals surface area contributed by atoms with Crippen molar-refractivity contribution in [3.05, 3.63) is 59.7 Å². The van der Waals surface area contributed by atoms with Crippen LogP contribution < -0.4 is 10.5 Å². The first-order valence-electron chi connectivity index (χ1n) is 10.1. The second-order valence-corrected chi connectivity index (χ2v) is 9.37. The van der Waals surface area contributed by atoms with Crippen molar-refractivity contribution in [1.29, 1.82) is 0 Å². The summed E-state index contributed by atoms with van der Waals surface area (Å²) in [5.74, 6) is -0.866. The van der Waals surface area contributed by atoms with Crippen molar-refractivity contribution in [2.24, 2.45) is 11.1 Å². The molecule has 2 atom stereocenters. The third-order valence-electron chi connectivity index (χ3n) is 5.58. The fourth-order valence-electron chi connectivity index (χ4n) is 3.91. The summed E-state index contributed by atoms with van der Waals surface area (Å²) in [4.78, 5) is 26.6. The molecule has 1 saturated heterocycles. The number of phenols is 1. The van der Waals surface area contributed by atoms with Crippen molar-refractivity contribution in [2.75, 3.05) is 33.3 Å². The predicted octanol–water partition coefficient (Wildman–Crippen LogP) is 0.587. The summed E-state index contributed by atoms with van der Waals surface area (Å²) in [7, 11) is -2.38. The molecular formula is C22H27N3O6S. The molecule has 1 aliphatic heterocycles. The molecule has 0 unspecified atom stereocenters. The molecule has 2 aromatic carbocycles. The molecule has 0 spiro atoms. The minimum atomic E-state index is -3.73. The number of likely N-dealkylation sites (tertiary alicyclic amines) is 1. The molecule has 10 heteroatoms. The molecule has 4 N–H and O–H groups in total. The number of hydrogen-bond donors (Lipinski definition) is 3. The van der Waals surface area contributed by atoms with Gasteiger partial charge in [-0.2, -0.15) is 0 Å². The number of carbonyl (C=O) groups excluding carboxylic acids is 2. The molecule has 0 aliphatic carbocycles. The van der Waals surface area contributed by atoms with E-state index in [-0.39, 0.29) is 35.0 Å². The molecule has 2 aromatic rings. The number of phenolic OH excluding ortho intramolecular Hbond substituents is 1. The Morgan fingerprint density at radius 2 is 1.78 bits per heavy atom. The number of nitrogens with one attached hydrogen (secondary N) is 1. The number of rotatable bonds is 8. The van der Waals surface area contributed by atoms with Crippen LogP contribution in [0.4, 0.5) is 0 Å². The van der Waals surface area contributed by atoms with Gasteiger partial charge in [0.15, 0.2) is 0 Å². The highest BCUT2D eigenvalue weighted by Gasteiger charge is 2.39. The van der Waals surface area contributed by atoms with Gasteiger partial charge in [-0.15, -0.1) is 0 Å².